The van der Waals surface area contributed by atoms with Gasteiger partial charge in [-0.15, -0.1) is 0 Å². The lowest BCUT2D eigenvalue weighted by molar-refractivity contribution is -0.119. The highest BCUT2D eigenvalue weighted by Crippen LogP contribution is 2.27. The van der Waals surface area contributed by atoms with Crippen molar-refractivity contribution in [3.8, 4) is 0 Å². The summed E-state index contributed by atoms with van der Waals surface area (Å²) >= 11 is 0. The van der Waals surface area contributed by atoms with Gasteiger partial charge in [0.2, 0.25) is 5.91 Å². The Kier molecular flexibility index (Phi) is 3.46. The average Bonchev–Trinajstić information content (AvgIpc) is 3.10. The van der Waals surface area contributed by atoms with Crippen molar-refractivity contribution in [2.45, 2.75) is 12.8 Å². The third-order valence-corrected chi connectivity index (χ3v) is 2.90. The zero-order chi connectivity index (χ0) is 12.3. The lowest BCUT2D eigenvalue weighted by Crippen LogP contribution is -2.36. The summed E-state index contributed by atoms with van der Waals surface area (Å²) in [4.78, 5) is 17.4. The van der Waals surface area contributed by atoms with Crippen LogP contribution in [0.1, 0.15) is 12.8 Å². The van der Waals surface area contributed by atoms with E-state index in [9.17, 15) is 4.79 Å². The number of carbonyl (C=O) groups excluding carboxylic acids is 1. The predicted molar refractivity (Wildman–Crippen MR) is 67.7 cm³/mol. The Bertz CT molecular complexity index is 403. The summed E-state index contributed by atoms with van der Waals surface area (Å²) in [6.45, 7) is 1.12. The minimum atomic E-state index is 0.0376. The molecule has 1 heterocycles. The molecule has 0 spiro atoms. The molecule has 1 saturated carbocycles. The van der Waals surface area contributed by atoms with E-state index in [0.29, 0.717) is 18.2 Å². The fourth-order valence-corrected chi connectivity index (χ4v) is 1.68. The van der Waals surface area contributed by atoms with E-state index in [2.05, 4.69) is 10.3 Å². The van der Waals surface area contributed by atoms with Crippen LogP contribution in [0.15, 0.2) is 18.5 Å². The Morgan fingerprint density at radius 1 is 1.65 bits per heavy atom. The van der Waals surface area contributed by atoms with Crippen molar-refractivity contribution >= 4 is 17.3 Å². The van der Waals surface area contributed by atoms with Crippen LogP contribution in [0.3, 0.4) is 0 Å². The molecule has 0 radical (unpaired) electrons. The lowest BCUT2D eigenvalue weighted by Gasteiger charge is -2.20. The fourth-order valence-electron chi connectivity index (χ4n) is 1.68. The molecule has 92 valence electrons. The quantitative estimate of drug-likeness (QED) is 0.783. The third kappa shape index (κ3) is 3.34. The van der Waals surface area contributed by atoms with Gasteiger partial charge in [0.15, 0.2) is 0 Å². The molecule has 0 unspecified atom stereocenters. The summed E-state index contributed by atoms with van der Waals surface area (Å²) in [5.74, 6) is 0.742. The molecule has 2 rings (SSSR count). The number of nitrogens with one attached hydrogen (secondary N) is 1. The van der Waals surface area contributed by atoms with Gasteiger partial charge >= 0.3 is 0 Å². The first kappa shape index (κ1) is 11.7. The monoisotopic (exact) mass is 234 g/mol. The molecular weight excluding hydrogens is 216 g/mol. The molecule has 1 aliphatic carbocycles. The molecule has 0 bridgehead atoms. The molecule has 0 aliphatic heterocycles. The molecule has 0 aromatic carbocycles. The zero-order valence-corrected chi connectivity index (χ0v) is 10.0. The molecule has 1 aromatic heterocycles. The Labute approximate surface area is 101 Å². The molecule has 17 heavy (non-hydrogen) atoms. The van der Waals surface area contributed by atoms with Crippen molar-refractivity contribution in [2.24, 2.45) is 5.92 Å². The molecule has 5 nitrogen and oxygen atoms in total. The predicted octanol–water partition coefficient (Wildman–Crippen LogP) is 0.626. The number of nitrogens with zero attached hydrogens (tertiary/aromatic N) is 2. The van der Waals surface area contributed by atoms with Crippen molar-refractivity contribution in [3.05, 3.63) is 18.5 Å². The van der Waals surface area contributed by atoms with Crippen LogP contribution >= 0.6 is 0 Å². The summed E-state index contributed by atoms with van der Waals surface area (Å²) in [6, 6.07) is 1.81. The fraction of sp³-hybridized carbons (Fsp3) is 0.500. The summed E-state index contributed by atoms with van der Waals surface area (Å²) in [5, 5.41) is 2.93. The molecule has 5 heteroatoms. The Morgan fingerprint density at radius 2 is 2.41 bits per heavy atom. The van der Waals surface area contributed by atoms with Crippen LogP contribution in [-0.2, 0) is 4.79 Å². The Hall–Kier alpha value is -1.78. The number of hydrogen-bond acceptors (Lipinski definition) is 4. The van der Waals surface area contributed by atoms with Gasteiger partial charge in [-0.05, 0) is 24.8 Å². The van der Waals surface area contributed by atoms with Crippen LogP contribution in [0.25, 0.3) is 0 Å². The van der Waals surface area contributed by atoms with Gasteiger partial charge in [0.1, 0.15) is 0 Å². The summed E-state index contributed by atoms with van der Waals surface area (Å²) < 4.78 is 0. The molecule has 1 amide bonds. The largest absolute Gasteiger partial charge is 0.396 e. The van der Waals surface area contributed by atoms with E-state index in [1.54, 1.807) is 12.4 Å². The molecule has 0 atom stereocenters. The van der Waals surface area contributed by atoms with Gasteiger partial charge in [-0.25, -0.2) is 0 Å². The van der Waals surface area contributed by atoms with Gasteiger partial charge in [0, 0.05) is 19.8 Å². The number of aromatic nitrogens is 1. The average molecular weight is 234 g/mol. The molecular formula is C12H18N4O. The van der Waals surface area contributed by atoms with Crippen molar-refractivity contribution in [1.29, 1.82) is 0 Å². The number of nitrogen functional groups attached to an aromatic ring is 1. The number of amides is 1. The molecule has 1 aromatic rings. The Balaban J connectivity index is 1.85. The highest BCUT2D eigenvalue weighted by Gasteiger charge is 2.21. The first-order valence-electron chi connectivity index (χ1n) is 5.84. The van der Waals surface area contributed by atoms with Crippen LogP contribution < -0.4 is 16.0 Å². The van der Waals surface area contributed by atoms with Crippen molar-refractivity contribution in [2.75, 3.05) is 30.8 Å². The highest BCUT2D eigenvalue weighted by molar-refractivity contribution is 5.82. The molecule has 1 aliphatic rings. The van der Waals surface area contributed by atoms with Gasteiger partial charge < -0.3 is 16.0 Å². The number of anilines is 2. The van der Waals surface area contributed by atoms with Gasteiger partial charge in [0.25, 0.3) is 0 Å². The van der Waals surface area contributed by atoms with Crippen LogP contribution in [0, 0.1) is 5.92 Å². The minimum Gasteiger partial charge on any atom is -0.396 e. The third-order valence-electron chi connectivity index (χ3n) is 2.90. The normalized spacial score (nSPS) is 14.4. The standard InChI is InChI=1S/C12H18N4O/c1-16(11-4-5-14-7-10(11)13)8-12(17)15-6-9-2-3-9/h4-5,7,9H,2-3,6,8,13H2,1H3,(H,15,17). The molecule has 1 fully saturated rings. The number of nitrogens with two attached hydrogens (primary N) is 1. The number of likely N-dealkylation sites (N-methyl/N-ethyl adjacent to an activating group) is 1. The second-order valence-electron chi connectivity index (χ2n) is 4.54. The number of hydrogen-bond donors (Lipinski definition) is 2. The van der Waals surface area contributed by atoms with Gasteiger partial charge in [-0.1, -0.05) is 0 Å². The van der Waals surface area contributed by atoms with Crippen molar-refractivity contribution < 1.29 is 4.79 Å². The highest BCUT2D eigenvalue weighted by atomic mass is 16.2. The zero-order valence-electron chi connectivity index (χ0n) is 10.0. The van der Waals surface area contributed by atoms with E-state index >= 15 is 0 Å². The number of carbonyl (C=O) groups is 1. The van der Waals surface area contributed by atoms with E-state index < -0.39 is 0 Å². The smallest absolute Gasteiger partial charge is 0.239 e. The van der Waals surface area contributed by atoms with E-state index in [4.69, 9.17) is 5.73 Å². The van der Waals surface area contributed by atoms with Gasteiger partial charge in [0.05, 0.1) is 24.1 Å². The maximum absolute atomic E-state index is 11.7. The summed E-state index contributed by atoms with van der Waals surface area (Å²) in [6.07, 6.45) is 5.75. The second-order valence-corrected chi connectivity index (χ2v) is 4.54. The van der Waals surface area contributed by atoms with Crippen molar-refractivity contribution in [3.63, 3.8) is 0 Å². The first-order chi connectivity index (χ1) is 8.16. The minimum absolute atomic E-state index is 0.0376. The molecule has 0 saturated heterocycles. The van der Waals surface area contributed by atoms with E-state index in [1.165, 1.54) is 12.8 Å². The SMILES string of the molecule is CN(CC(=O)NCC1CC1)c1ccncc1N. The first-order valence-corrected chi connectivity index (χ1v) is 5.84. The maximum atomic E-state index is 11.7. The van der Waals surface area contributed by atoms with Crippen LogP contribution in [0.4, 0.5) is 11.4 Å². The number of rotatable bonds is 5. The lowest BCUT2D eigenvalue weighted by atomic mass is 10.3. The number of pyridine rings is 1. The second kappa shape index (κ2) is 5.03. The maximum Gasteiger partial charge on any atom is 0.239 e. The summed E-state index contributed by atoms with van der Waals surface area (Å²) in [5.41, 5.74) is 7.22. The van der Waals surface area contributed by atoms with E-state index in [-0.39, 0.29) is 5.91 Å². The van der Waals surface area contributed by atoms with Gasteiger partial charge in [-0.2, -0.15) is 0 Å². The molecule has 3 N–H and O–H groups in total. The van der Waals surface area contributed by atoms with Crippen LogP contribution in [0.5, 0.6) is 0 Å². The summed E-state index contributed by atoms with van der Waals surface area (Å²) in [7, 11) is 1.85. The van der Waals surface area contributed by atoms with Crippen LogP contribution in [0.2, 0.25) is 0 Å². The van der Waals surface area contributed by atoms with E-state index in [0.717, 1.165) is 12.2 Å². The van der Waals surface area contributed by atoms with Gasteiger partial charge in [-0.3, -0.25) is 9.78 Å². The van der Waals surface area contributed by atoms with Crippen LogP contribution in [-0.4, -0.2) is 31.0 Å². The Morgan fingerprint density at radius 3 is 3.06 bits per heavy atom. The van der Waals surface area contributed by atoms with E-state index in [1.807, 2.05) is 18.0 Å². The van der Waals surface area contributed by atoms with Crippen molar-refractivity contribution in [1.82, 2.24) is 10.3 Å². The topological polar surface area (TPSA) is 71.2 Å².